The molecule has 2 aliphatic heterocycles. The summed E-state index contributed by atoms with van der Waals surface area (Å²) >= 11 is 0. The largest absolute Gasteiger partial charge is 0.376 e. The Morgan fingerprint density at radius 3 is 2.43 bits per heavy atom. The second kappa shape index (κ2) is 11.8. The molecule has 3 amide bonds. The average molecular weight is 479 g/mol. The Kier molecular flexibility index (Phi) is 8.36. The van der Waals surface area contributed by atoms with Crippen molar-refractivity contribution in [3.63, 3.8) is 0 Å². The van der Waals surface area contributed by atoms with Crippen LogP contribution in [0.4, 0.5) is 11.4 Å². The molecule has 0 radical (unpaired) electrons. The molecule has 0 bridgehead atoms. The van der Waals surface area contributed by atoms with E-state index in [-0.39, 0.29) is 30.4 Å². The van der Waals surface area contributed by atoms with Crippen LogP contribution in [-0.4, -0.2) is 61.5 Å². The van der Waals surface area contributed by atoms with Gasteiger partial charge in [0.05, 0.1) is 12.6 Å². The summed E-state index contributed by atoms with van der Waals surface area (Å²) < 4.78 is 5.54. The molecule has 0 saturated carbocycles. The van der Waals surface area contributed by atoms with E-state index in [0.717, 1.165) is 45.4 Å². The van der Waals surface area contributed by atoms with Crippen molar-refractivity contribution in [3.05, 3.63) is 59.7 Å². The summed E-state index contributed by atoms with van der Waals surface area (Å²) in [6, 6.07) is 14.1. The first-order valence-corrected chi connectivity index (χ1v) is 12.4. The Labute approximate surface area is 206 Å². The molecular formula is C27H34N4O4. The number of likely N-dealkylation sites (tertiary alicyclic amines) is 1. The molecule has 8 heteroatoms. The average Bonchev–Trinajstić information content (AvgIpc) is 3.40. The van der Waals surface area contributed by atoms with E-state index < -0.39 is 0 Å². The number of rotatable bonds is 8. The van der Waals surface area contributed by atoms with Crippen LogP contribution in [0.5, 0.6) is 0 Å². The zero-order valence-electron chi connectivity index (χ0n) is 20.2. The van der Waals surface area contributed by atoms with Gasteiger partial charge in [-0.3, -0.25) is 14.4 Å². The summed E-state index contributed by atoms with van der Waals surface area (Å²) in [6.07, 6.45) is 4.12. The van der Waals surface area contributed by atoms with E-state index >= 15 is 0 Å². The Bertz CT molecular complexity index is 1040. The number of anilines is 2. The van der Waals surface area contributed by atoms with E-state index in [0.29, 0.717) is 35.0 Å². The topological polar surface area (TPSA) is 99.8 Å². The molecule has 2 aromatic rings. The van der Waals surface area contributed by atoms with Gasteiger partial charge in [-0.15, -0.1) is 0 Å². The third-order valence-electron chi connectivity index (χ3n) is 6.56. The molecule has 4 rings (SSSR count). The van der Waals surface area contributed by atoms with Gasteiger partial charge in [-0.25, -0.2) is 0 Å². The minimum atomic E-state index is -0.241. The van der Waals surface area contributed by atoms with Crippen LogP contribution in [0.15, 0.2) is 48.5 Å². The maximum Gasteiger partial charge on any atom is 0.253 e. The molecule has 1 atom stereocenters. The summed E-state index contributed by atoms with van der Waals surface area (Å²) in [5, 5.41) is 8.80. The molecule has 2 saturated heterocycles. The van der Waals surface area contributed by atoms with E-state index in [4.69, 9.17) is 4.74 Å². The first kappa shape index (κ1) is 24.7. The maximum absolute atomic E-state index is 12.8. The number of hydrogen-bond donors (Lipinski definition) is 3. The van der Waals surface area contributed by atoms with Crippen LogP contribution in [0.1, 0.15) is 53.3 Å². The normalized spacial score (nSPS) is 18.2. The van der Waals surface area contributed by atoms with E-state index in [9.17, 15) is 14.4 Å². The van der Waals surface area contributed by atoms with Gasteiger partial charge in [0, 0.05) is 48.7 Å². The smallest absolute Gasteiger partial charge is 0.253 e. The van der Waals surface area contributed by atoms with Gasteiger partial charge in [0.25, 0.3) is 11.8 Å². The molecule has 2 aliphatic rings. The number of piperidine rings is 1. The van der Waals surface area contributed by atoms with Gasteiger partial charge >= 0.3 is 0 Å². The second-order valence-electron chi connectivity index (χ2n) is 9.38. The van der Waals surface area contributed by atoms with Gasteiger partial charge in [0.1, 0.15) is 0 Å². The third kappa shape index (κ3) is 7.05. The number of carbonyl (C=O) groups is 3. The number of benzene rings is 2. The summed E-state index contributed by atoms with van der Waals surface area (Å²) in [4.78, 5) is 39.7. The zero-order chi connectivity index (χ0) is 24.6. The molecule has 0 aliphatic carbocycles. The minimum Gasteiger partial charge on any atom is -0.376 e. The van der Waals surface area contributed by atoms with Gasteiger partial charge in [0.2, 0.25) is 5.91 Å². The maximum atomic E-state index is 12.8. The van der Waals surface area contributed by atoms with Crippen molar-refractivity contribution < 1.29 is 19.1 Å². The van der Waals surface area contributed by atoms with Crippen LogP contribution in [0.2, 0.25) is 0 Å². The summed E-state index contributed by atoms with van der Waals surface area (Å²) in [6.45, 7) is 5.03. The quantitative estimate of drug-likeness (QED) is 0.539. The monoisotopic (exact) mass is 478 g/mol. The van der Waals surface area contributed by atoms with Gasteiger partial charge in [0.15, 0.2) is 0 Å². The second-order valence-corrected chi connectivity index (χ2v) is 9.38. The lowest BCUT2D eigenvalue weighted by molar-refractivity contribution is -0.114. The Balaban J connectivity index is 1.27. The molecule has 186 valence electrons. The van der Waals surface area contributed by atoms with Crippen molar-refractivity contribution in [1.29, 1.82) is 0 Å². The molecule has 8 nitrogen and oxygen atoms in total. The van der Waals surface area contributed by atoms with Crippen molar-refractivity contribution >= 4 is 29.1 Å². The van der Waals surface area contributed by atoms with E-state index in [1.54, 1.807) is 42.5 Å². The molecule has 2 fully saturated rings. The molecular weight excluding hydrogens is 444 g/mol. The van der Waals surface area contributed by atoms with Gasteiger partial charge in [-0.2, -0.15) is 0 Å². The Hall–Kier alpha value is -3.39. The van der Waals surface area contributed by atoms with E-state index in [1.807, 2.05) is 11.0 Å². The highest BCUT2D eigenvalue weighted by molar-refractivity contribution is 5.98. The highest BCUT2D eigenvalue weighted by atomic mass is 16.5. The molecule has 2 heterocycles. The fourth-order valence-electron chi connectivity index (χ4n) is 4.40. The van der Waals surface area contributed by atoms with Crippen molar-refractivity contribution in [2.75, 3.05) is 43.4 Å². The van der Waals surface area contributed by atoms with Crippen LogP contribution in [0, 0.1) is 5.92 Å². The van der Waals surface area contributed by atoms with Gasteiger partial charge in [-0.1, -0.05) is 19.1 Å². The summed E-state index contributed by atoms with van der Waals surface area (Å²) in [5.41, 5.74) is 2.35. The predicted molar refractivity (Wildman–Crippen MR) is 136 cm³/mol. The number of hydrogen-bond acceptors (Lipinski definition) is 5. The Morgan fingerprint density at radius 1 is 0.971 bits per heavy atom. The first-order valence-electron chi connectivity index (χ1n) is 12.4. The molecule has 35 heavy (non-hydrogen) atoms. The summed E-state index contributed by atoms with van der Waals surface area (Å²) in [5.74, 6) is 0.243. The highest BCUT2D eigenvalue weighted by Gasteiger charge is 2.21. The van der Waals surface area contributed by atoms with Crippen molar-refractivity contribution in [2.24, 2.45) is 5.92 Å². The minimum absolute atomic E-state index is 0.000657. The number of nitrogens with zero attached hydrogens (tertiary/aromatic N) is 1. The molecule has 1 unspecified atom stereocenters. The number of carbonyl (C=O) groups excluding carboxylic acids is 3. The van der Waals surface area contributed by atoms with Gasteiger partial charge < -0.3 is 25.6 Å². The first-order chi connectivity index (χ1) is 17.0. The number of amides is 3. The van der Waals surface area contributed by atoms with Gasteiger partial charge in [-0.05, 0) is 68.0 Å². The third-order valence-corrected chi connectivity index (χ3v) is 6.56. The lowest BCUT2D eigenvalue weighted by Crippen LogP contribution is -2.37. The highest BCUT2D eigenvalue weighted by Crippen LogP contribution is 2.20. The Morgan fingerprint density at radius 2 is 1.69 bits per heavy atom. The predicted octanol–water partition coefficient (Wildman–Crippen LogP) is 3.52. The van der Waals surface area contributed by atoms with E-state index in [2.05, 4.69) is 22.9 Å². The fraction of sp³-hybridized carbons (Fsp3) is 0.444. The van der Waals surface area contributed by atoms with Crippen LogP contribution in [0.3, 0.4) is 0 Å². The van der Waals surface area contributed by atoms with Crippen LogP contribution in [0.25, 0.3) is 0 Å². The molecule has 0 aromatic heterocycles. The van der Waals surface area contributed by atoms with Crippen molar-refractivity contribution in [1.82, 2.24) is 10.2 Å². The van der Waals surface area contributed by atoms with Crippen molar-refractivity contribution in [3.8, 4) is 0 Å². The van der Waals surface area contributed by atoms with Crippen LogP contribution < -0.4 is 16.0 Å². The zero-order valence-corrected chi connectivity index (χ0v) is 20.2. The molecule has 0 spiro atoms. The fourth-order valence-corrected chi connectivity index (χ4v) is 4.40. The number of ether oxygens (including phenoxy) is 1. The van der Waals surface area contributed by atoms with Crippen LogP contribution >= 0.6 is 0 Å². The van der Waals surface area contributed by atoms with Crippen molar-refractivity contribution in [2.45, 2.75) is 38.7 Å². The van der Waals surface area contributed by atoms with E-state index in [1.165, 1.54) is 0 Å². The lowest BCUT2D eigenvalue weighted by Gasteiger charge is -2.30. The SMILES string of the molecule is CC1CCN(C(=O)c2cccc(NC(=O)CNc3cccc(C(=O)NCC4CCCO4)c3)c2)CC1. The van der Waals surface area contributed by atoms with Crippen LogP contribution in [-0.2, 0) is 9.53 Å². The molecule has 2 aromatic carbocycles. The molecule has 3 N–H and O–H groups in total. The lowest BCUT2D eigenvalue weighted by atomic mass is 9.98. The summed E-state index contributed by atoms with van der Waals surface area (Å²) in [7, 11) is 0. The number of nitrogens with one attached hydrogen (secondary N) is 3. The standard InChI is InChI=1S/C27H34N4O4/c1-19-10-12-31(13-11-19)27(34)21-6-3-8-23(16-21)30-25(32)18-28-22-7-2-5-20(15-22)26(33)29-17-24-9-4-14-35-24/h2-3,5-8,15-16,19,24,28H,4,9-14,17-18H2,1H3,(H,29,33)(H,30,32).